The summed E-state index contributed by atoms with van der Waals surface area (Å²) in [6, 6.07) is 8.08. The Hall–Kier alpha value is -2.83. The van der Waals surface area contributed by atoms with E-state index in [0.29, 0.717) is 6.42 Å². The van der Waals surface area contributed by atoms with Crippen LogP contribution in [-0.4, -0.2) is 67.2 Å². The Morgan fingerprint density at radius 1 is 0.903 bits per heavy atom. The zero-order valence-corrected chi connectivity index (χ0v) is 18.9. The van der Waals surface area contributed by atoms with Crippen LogP contribution in [0.1, 0.15) is 36.2 Å². The maximum atomic E-state index is 12.8. The van der Waals surface area contributed by atoms with Crippen molar-refractivity contribution in [2.24, 2.45) is 0 Å². The van der Waals surface area contributed by atoms with Gasteiger partial charge in [0.25, 0.3) is 0 Å². The maximum Gasteiger partial charge on any atom is 0.227 e. The number of amides is 1. The number of hydrogen-bond donors (Lipinski definition) is 0. The van der Waals surface area contributed by atoms with E-state index in [2.05, 4.69) is 25.8 Å². The van der Waals surface area contributed by atoms with Gasteiger partial charge in [0, 0.05) is 45.3 Å². The van der Waals surface area contributed by atoms with Gasteiger partial charge in [-0.05, 0) is 50.3 Å². The van der Waals surface area contributed by atoms with Crippen LogP contribution in [0.5, 0.6) is 5.75 Å². The zero-order valence-electron chi connectivity index (χ0n) is 18.9. The number of carbonyl (C=O) groups is 1. The highest BCUT2D eigenvalue weighted by Gasteiger charge is 2.23. The minimum atomic E-state index is 0.178. The van der Waals surface area contributed by atoms with Gasteiger partial charge in [0.1, 0.15) is 23.2 Å². The third kappa shape index (κ3) is 5.09. The number of nitrogens with zero attached hydrogens (tertiary/aromatic N) is 5. The predicted octanol–water partition coefficient (Wildman–Crippen LogP) is 2.98. The molecule has 7 nitrogen and oxygen atoms in total. The molecule has 31 heavy (non-hydrogen) atoms. The van der Waals surface area contributed by atoms with Crippen LogP contribution in [-0.2, 0) is 11.2 Å². The first kappa shape index (κ1) is 21.4. The summed E-state index contributed by atoms with van der Waals surface area (Å²) in [7, 11) is 1.67. The van der Waals surface area contributed by atoms with E-state index >= 15 is 0 Å². The van der Waals surface area contributed by atoms with E-state index in [1.165, 1.54) is 19.3 Å². The van der Waals surface area contributed by atoms with Crippen LogP contribution in [0.3, 0.4) is 0 Å². The summed E-state index contributed by atoms with van der Waals surface area (Å²) in [5, 5.41) is 0. The highest BCUT2D eigenvalue weighted by atomic mass is 16.5. The molecule has 0 radical (unpaired) electrons. The molecule has 2 fully saturated rings. The fraction of sp³-hybridized carbons (Fsp3) is 0.542. The monoisotopic (exact) mass is 423 g/mol. The third-order valence-corrected chi connectivity index (χ3v) is 6.26. The summed E-state index contributed by atoms with van der Waals surface area (Å²) in [6.07, 6.45) is 4.19. The molecule has 0 N–H and O–H groups in total. The normalized spacial score (nSPS) is 17.1. The van der Waals surface area contributed by atoms with E-state index in [4.69, 9.17) is 4.74 Å². The van der Waals surface area contributed by atoms with Crippen LogP contribution in [0.2, 0.25) is 0 Å². The first-order chi connectivity index (χ1) is 15.0. The smallest absolute Gasteiger partial charge is 0.227 e. The van der Waals surface area contributed by atoms with Crippen molar-refractivity contribution in [2.45, 2.75) is 39.5 Å². The fourth-order valence-corrected chi connectivity index (χ4v) is 4.51. The SMILES string of the molecule is COc1ccc(CC(=O)N2CCN(c3cc(N4CCCCC4)nc(C)n3)CC2)cc1C. The summed E-state index contributed by atoms with van der Waals surface area (Å²) in [5.74, 6) is 3.86. The molecule has 1 aromatic carbocycles. The van der Waals surface area contributed by atoms with Crippen LogP contribution in [0.4, 0.5) is 11.6 Å². The molecule has 166 valence electrons. The second-order valence-electron chi connectivity index (χ2n) is 8.53. The van der Waals surface area contributed by atoms with Crippen molar-refractivity contribution in [3.8, 4) is 5.75 Å². The van der Waals surface area contributed by atoms with Gasteiger partial charge in [-0.2, -0.15) is 0 Å². The van der Waals surface area contributed by atoms with E-state index < -0.39 is 0 Å². The third-order valence-electron chi connectivity index (χ3n) is 6.26. The Morgan fingerprint density at radius 3 is 2.16 bits per heavy atom. The van der Waals surface area contributed by atoms with E-state index in [9.17, 15) is 4.79 Å². The summed E-state index contributed by atoms with van der Waals surface area (Å²) in [5.41, 5.74) is 2.09. The highest BCUT2D eigenvalue weighted by molar-refractivity contribution is 5.79. The largest absolute Gasteiger partial charge is 0.496 e. The van der Waals surface area contributed by atoms with E-state index in [1.807, 2.05) is 36.9 Å². The number of piperidine rings is 1. The molecule has 1 amide bonds. The van der Waals surface area contributed by atoms with Gasteiger partial charge in [0.2, 0.25) is 5.91 Å². The number of anilines is 2. The lowest BCUT2D eigenvalue weighted by molar-refractivity contribution is -0.130. The number of aryl methyl sites for hydroxylation is 2. The molecule has 2 saturated heterocycles. The van der Waals surface area contributed by atoms with Gasteiger partial charge >= 0.3 is 0 Å². The molecule has 2 aliphatic heterocycles. The molecule has 4 rings (SSSR count). The topological polar surface area (TPSA) is 61.8 Å². The van der Waals surface area contributed by atoms with Crippen molar-refractivity contribution in [1.29, 1.82) is 0 Å². The van der Waals surface area contributed by atoms with E-state index in [1.54, 1.807) is 7.11 Å². The zero-order chi connectivity index (χ0) is 21.8. The predicted molar refractivity (Wildman–Crippen MR) is 123 cm³/mol. The Morgan fingerprint density at radius 2 is 1.55 bits per heavy atom. The van der Waals surface area contributed by atoms with Crippen LogP contribution >= 0.6 is 0 Å². The molecule has 1 aromatic heterocycles. The standard InChI is InChI=1S/C24H33N5O2/c1-18-15-20(7-8-21(18)31-3)16-24(30)29-13-11-28(12-14-29)23-17-22(25-19(2)26-23)27-9-5-4-6-10-27/h7-8,15,17H,4-6,9-14,16H2,1-3H3. The second kappa shape index (κ2) is 9.54. The van der Waals surface area contributed by atoms with Crippen LogP contribution in [0, 0.1) is 13.8 Å². The number of rotatable bonds is 5. The summed E-state index contributed by atoms with van der Waals surface area (Å²) in [4.78, 5) is 28.8. The second-order valence-corrected chi connectivity index (χ2v) is 8.53. The molecule has 2 aromatic rings. The quantitative estimate of drug-likeness (QED) is 0.737. The molecular weight excluding hydrogens is 390 g/mol. The summed E-state index contributed by atoms with van der Waals surface area (Å²) in [6.45, 7) is 9.14. The maximum absolute atomic E-state index is 12.8. The van der Waals surface area contributed by atoms with E-state index in [-0.39, 0.29) is 5.91 Å². The molecule has 3 heterocycles. The fourth-order valence-electron chi connectivity index (χ4n) is 4.51. The Labute approximate surface area is 185 Å². The lowest BCUT2D eigenvalue weighted by atomic mass is 10.1. The van der Waals surface area contributed by atoms with Crippen LogP contribution < -0.4 is 14.5 Å². The number of hydrogen-bond acceptors (Lipinski definition) is 6. The molecule has 0 saturated carbocycles. The summed E-state index contributed by atoms with van der Waals surface area (Å²) >= 11 is 0. The minimum Gasteiger partial charge on any atom is -0.496 e. The first-order valence-electron chi connectivity index (χ1n) is 11.3. The van der Waals surface area contributed by atoms with Gasteiger partial charge < -0.3 is 19.4 Å². The average Bonchev–Trinajstić information content (AvgIpc) is 2.79. The molecule has 0 bridgehead atoms. The van der Waals surface area contributed by atoms with Gasteiger partial charge in [-0.25, -0.2) is 9.97 Å². The Balaban J connectivity index is 1.36. The van der Waals surface area contributed by atoms with Crippen molar-refractivity contribution in [3.05, 3.63) is 41.2 Å². The van der Waals surface area contributed by atoms with Crippen molar-refractivity contribution in [1.82, 2.24) is 14.9 Å². The Bertz CT molecular complexity index is 918. The van der Waals surface area contributed by atoms with Gasteiger partial charge in [-0.3, -0.25) is 4.79 Å². The van der Waals surface area contributed by atoms with Gasteiger partial charge in [0.15, 0.2) is 0 Å². The molecule has 2 aliphatic rings. The van der Waals surface area contributed by atoms with Gasteiger partial charge in [0.05, 0.1) is 13.5 Å². The number of piperazine rings is 1. The van der Waals surface area contributed by atoms with Crippen molar-refractivity contribution < 1.29 is 9.53 Å². The first-order valence-corrected chi connectivity index (χ1v) is 11.3. The number of ether oxygens (including phenoxy) is 1. The van der Waals surface area contributed by atoms with E-state index in [0.717, 1.165) is 73.6 Å². The van der Waals surface area contributed by atoms with Crippen molar-refractivity contribution in [3.63, 3.8) is 0 Å². The van der Waals surface area contributed by atoms with Gasteiger partial charge in [-0.1, -0.05) is 12.1 Å². The van der Waals surface area contributed by atoms with Crippen molar-refractivity contribution in [2.75, 3.05) is 56.2 Å². The highest BCUT2D eigenvalue weighted by Crippen LogP contribution is 2.24. The molecule has 0 atom stereocenters. The van der Waals surface area contributed by atoms with Gasteiger partial charge in [-0.15, -0.1) is 0 Å². The Kier molecular flexibility index (Phi) is 6.59. The lowest BCUT2D eigenvalue weighted by Gasteiger charge is -2.36. The molecule has 0 aliphatic carbocycles. The molecule has 7 heteroatoms. The van der Waals surface area contributed by atoms with Crippen molar-refractivity contribution >= 4 is 17.5 Å². The summed E-state index contributed by atoms with van der Waals surface area (Å²) < 4.78 is 5.32. The number of aromatic nitrogens is 2. The molecule has 0 unspecified atom stereocenters. The van der Waals surface area contributed by atoms with Crippen LogP contribution in [0.25, 0.3) is 0 Å². The molecular formula is C24H33N5O2. The lowest BCUT2D eigenvalue weighted by Crippen LogP contribution is -2.49. The minimum absolute atomic E-state index is 0.178. The number of methoxy groups -OCH3 is 1. The molecule has 0 spiro atoms. The van der Waals surface area contributed by atoms with Crippen LogP contribution in [0.15, 0.2) is 24.3 Å². The number of benzene rings is 1. The number of carbonyl (C=O) groups excluding carboxylic acids is 1. The average molecular weight is 424 g/mol.